The van der Waals surface area contributed by atoms with Gasteiger partial charge in [-0.2, -0.15) is 13.2 Å². The van der Waals surface area contributed by atoms with Crippen molar-refractivity contribution in [2.24, 2.45) is 0 Å². The van der Waals surface area contributed by atoms with Crippen molar-refractivity contribution in [3.63, 3.8) is 0 Å². The molecule has 0 bridgehead atoms. The van der Waals surface area contributed by atoms with Gasteiger partial charge in [-0.05, 0) is 42.8 Å². The van der Waals surface area contributed by atoms with Crippen molar-refractivity contribution in [1.82, 2.24) is 9.55 Å². The molecule has 0 saturated carbocycles. The van der Waals surface area contributed by atoms with Crippen molar-refractivity contribution in [2.45, 2.75) is 19.6 Å². The average Bonchev–Trinajstić information content (AvgIpc) is 2.97. The lowest BCUT2D eigenvalue weighted by Gasteiger charge is -2.09. The van der Waals surface area contributed by atoms with E-state index >= 15 is 0 Å². The molecular weight excluding hydrogens is 417 g/mol. The minimum Gasteiger partial charge on any atom is -0.463 e. The third kappa shape index (κ3) is 5.24. The van der Waals surface area contributed by atoms with Crippen LogP contribution in [0.2, 0.25) is 0 Å². The molecule has 0 atom stereocenters. The van der Waals surface area contributed by atoms with Crippen LogP contribution in [-0.2, 0) is 22.3 Å². The number of hydrogen-bond acceptors (Lipinski definition) is 5. The molecule has 0 radical (unpaired) electrons. The Morgan fingerprint density at radius 2 is 2.03 bits per heavy atom. The summed E-state index contributed by atoms with van der Waals surface area (Å²) in [5, 5.41) is 0. The van der Waals surface area contributed by atoms with Crippen LogP contribution in [0, 0.1) is 0 Å². The van der Waals surface area contributed by atoms with E-state index in [0.717, 1.165) is 23.5 Å². The van der Waals surface area contributed by atoms with Gasteiger partial charge in [0, 0.05) is 6.20 Å². The summed E-state index contributed by atoms with van der Waals surface area (Å²) in [5.74, 6) is -0.638. The molecule has 1 aromatic carbocycles. The highest BCUT2D eigenvalue weighted by Crippen LogP contribution is 2.29. The van der Waals surface area contributed by atoms with E-state index in [9.17, 15) is 22.8 Å². The quantitative estimate of drug-likeness (QED) is 0.579. The van der Waals surface area contributed by atoms with E-state index in [1.54, 1.807) is 37.4 Å². The highest BCUT2D eigenvalue weighted by Gasteiger charge is 2.30. The Balaban J connectivity index is 2.12. The van der Waals surface area contributed by atoms with Gasteiger partial charge in [-0.25, -0.2) is 4.79 Å². The first-order chi connectivity index (χ1) is 14.3. The number of aromatic nitrogens is 2. The van der Waals surface area contributed by atoms with Crippen LogP contribution in [0.3, 0.4) is 0 Å². The fourth-order valence-electron chi connectivity index (χ4n) is 2.70. The van der Waals surface area contributed by atoms with Gasteiger partial charge in [0.1, 0.15) is 4.66 Å². The lowest BCUT2D eigenvalue weighted by atomic mass is 10.1. The minimum absolute atomic E-state index is 0.124. The molecule has 0 saturated heterocycles. The topological polar surface area (TPSA) is 61.2 Å². The van der Waals surface area contributed by atoms with Crippen LogP contribution in [0.5, 0.6) is 0 Å². The molecule has 0 aliphatic carbocycles. The first kappa shape index (κ1) is 21.5. The molecule has 0 amide bonds. The molecule has 0 aliphatic rings. The summed E-state index contributed by atoms with van der Waals surface area (Å²) in [4.78, 5) is 29.0. The van der Waals surface area contributed by atoms with Gasteiger partial charge in [0.2, 0.25) is 0 Å². The molecule has 2 aromatic heterocycles. The molecule has 0 fully saturated rings. The Kier molecular flexibility index (Phi) is 6.51. The van der Waals surface area contributed by atoms with E-state index in [1.165, 1.54) is 22.8 Å². The molecule has 2 heterocycles. The van der Waals surface area contributed by atoms with Crippen LogP contribution in [-0.4, -0.2) is 22.1 Å². The van der Waals surface area contributed by atoms with Gasteiger partial charge in [-0.15, -0.1) is 11.3 Å². The zero-order chi connectivity index (χ0) is 21.7. The predicted molar refractivity (Wildman–Crippen MR) is 107 cm³/mol. The van der Waals surface area contributed by atoms with Gasteiger partial charge in [0.15, 0.2) is 0 Å². The van der Waals surface area contributed by atoms with E-state index in [2.05, 4.69) is 4.98 Å². The number of ether oxygens (including phenoxy) is 1. The SMILES string of the molecule is CCOC(=O)/C=c1\s/c(=C\c2ccccn2)c(=O)n1Cc1cccc(C(F)(F)F)c1. The number of hydrogen-bond donors (Lipinski definition) is 0. The lowest BCUT2D eigenvalue weighted by molar-refractivity contribution is -0.137. The summed E-state index contributed by atoms with van der Waals surface area (Å²) in [6.07, 6.45) is -0.184. The molecule has 0 N–H and O–H groups in total. The number of esters is 1. The Morgan fingerprint density at radius 1 is 1.23 bits per heavy atom. The number of carbonyl (C=O) groups excluding carboxylic acids is 1. The summed E-state index contributed by atoms with van der Waals surface area (Å²) in [5.41, 5.74) is -0.407. The fraction of sp³-hybridized carbons (Fsp3) is 0.190. The summed E-state index contributed by atoms with van der Waals surface area (Å²) in [7, 11) is 0. The van der Waals surface area contributed by atoms with Crippen molar-refractivity contribution in [1.29, 1.82) is 0 Å². The molecule has 0 aliphatic heterocycles. The van der Waals surface area contributed by atoms with Crippen LogP contribution >= 0.6 is 11.3 Å². The monoisotopic (exact) mass is 434 g/mol. The fourth-order valence-corrected chi connectivity index (χ4v) is 3.72. The molecule has 5 nitrogen and oxygen atoms in total. The largest absolute Gasteiger partial charge is 0.463 e. The molecule has 3 aromatic rings. The molecular formula is C21H17F3N2O3S. The Hall–Kier alpha value is -3.20. The second-order valence-corrected chi connectivity index (χ2v) is 7.25. The molecule has 0 spiro atoms. The Morgan fingerprint density at radius 3 is 2.70 bits per heavy atom. The van der Waals surface area contributed by atoms with Crippen molar-refractivity contribution < 1.29 is 22.7 Å². The molecule has 30 heavy (non-hydrogen) atoms. The predicted octanol–water partition coefficient (Wildman–Crippen LogP) is 2.54. The van der Waals surface area contributed by atoms with E-state index in [4.69, 9.17) is 4.74 Å². The number of rotatable bonds is 5. The summed E-state index contributed by atoms with van der Waals surface area (Å²) in [6, 6.07) is 9.94. The van der Waals surface area contributed by atoms with Gasteiger partial charge in [-0.1, -0.05) is 18.2 Å². The van der Waals surface area contributed by atoms with E-state index in [0.29, 0.717) is 10.2 Å². The number of halogens is 3. The number of alkyl halides is 3. The van der Waals surface area contributed by atoms with E-state index in [-0.39, 0.29) is 23.4 Å². The maximum atomic E-state index is 13.0. The minimum atomic E-state index is -4.49. The number of carbonyl (C=O) groups is 1. The number of nitrogens with zero attached hydrogens (tertiary/aromatic N) is 2. The first-order valence-corrected chi connectivity index (χ1v) is 9.76. The maximum Gasteiger partial charge on any atom is 0.416 e. The molecule has 0 unspecified atom stereocenters. The maximum absolute atomic E-state index is 13.0. The van der Waals surface area contributed by atoms with Crippen LogP contribution in [0.25, 0.3) is 12.2 Å². The van der Waals surface area contributed by atoms with Crippen molar-refractivity contribution in [2.75, 3.05) is 6.61 Å². The number of pyridine rings is 1. The summed E-state index contributed by atoms with van der Waals surface area (Å²) < 4.78 is 45.8. The van der Waals surface area contributed by atoms with Crippen molar-refractivity contribution in [3.8, 4) is 0 Å². The highest BCUT2D eigenvalue weighted by atomic mass is 32.1. The van der Waals surface area contributed by atoms with Gasteiger partial charge < -0.3 is 4.74 Å². The zero-order valence-electron chi connectivity index (χ0n) is 15.8. The normalized spacial score (nSPS) is 12.9. The first-order valence-electron chi connectivity index (χ1n) is 8.95. The van der Waals surface area contributed by atoms with Crippen LogP contribution in [0.1, 0.15) is 23.7 Å². The van der Waals surface area contributed by atoms with Gasteiger partial charge in [0.25, 0.3) is 5.56 Å². The Labute approximate surface area is 173 Å². The van der Waals surface area contributed by atoms with Crippen LogP contribution < -0.4 is 14.8 Å². The molecule has 9 heteroatoms. The van der Waals surface area contributed by atoms with Crippen LogP contribution in [0.15, 0.2) is 53.5 Å². The third-order valence-corrected chi connectivity index (χ3v) is 5.09. The zero-order valence-corrected chi connectivity index (χ0v) is 16.7. The van der Waals surface area contributed by atoms with E-state index < -0.39 is 23.3 Å². The summed E-state index contributed by atoms with van der Waals surface area (Å²) in [6.45, 7) is 1.68. The van der Waals surface area contributed by atoms with Crippen molar-refractivity contribution in [3.05, 3.63) is 85.0 Å². The third-order valence-electron chi connectivity index (χ3n) is 4.03. The Bertz CT molecular complexity index is 1210. The molecule has 3 rings (SSSR count). The highest BCUT2D eigenvalue weighted by molar-refractivity contribution is 7.07. The van der Waals surface area contributed by atoms with Gasteiger partial charge >= 0.3 is 12.1 Å². The second kappa shape index (κ2) is 9.08. The van der Waals surface area contributed by atoms with Crippen LogP contribution in [0.4, 0.5) is 13.2 Å². The van der Waals surface area contributed by atoms with Crippen molar-refractivity contribution >= 4 is 29.5 Å². The summed E-state index contributed by atoms with van der Waals surface area (Å²) >= 11 is 1.04. The molecule has 156 valence electrons. The standard InChI is InChI=1S/C21H17F3N2O3S/c1-2-29-19(27)12-18-26(13-14-6-5-7-15(10-14)21(22,23)24)20(28)17(30-18)11-16-8-3-4-9-25-16/h3-12H,2,13H2,1H3/b17-11-,18-12-. The lowest BCUT2D eigenvalue weighted by Crippen LogP contribution is -2.32. The smallest absolute Gasteiger partial charge is 0.416 e. The number of thiazole rings is 1. The average molecular weight is 434 g/mol. The number of benzene rings is 1. The van der Waals surface area contributed by atoms with Gasteiger partial charge in [-0.3, -0.25) is 14.3 Å². The second-order valence-electron chi connectivity index (χ2n) is 6.19. The van der Waals surface area contributed by atoms with E-state index in [1.807, 2.05) is 0 Å². The van der Waals surface area contributed by atoms with Gasteiger partial charge in [0.05, 0.1) is 35.0 Å².